The minimum Gasteiger partial charge on any atom is -0.494 e. The third kappa shape index (κ3) is 11.5. The van der Waals surface area contributed by atoms with Crippen molar-refractivity contribution < 1.29 is 28.7 Å². The van der Waals surface area contributed by atoms with E-state index in [-0.39, 0.29) is 24.5 Å². The molecule has 2 N–H and O–H groups in total. The number of hydrogen-bond acceptors (Lipinski definition) is 7. The molecular formula is C38H41N3O6. The summed E-state index contributed by atoms with van der Waals surface area (Å²) in [5.74, 6) is -0.217. The fourth-order valence-electron chi connectivity index (χ4n) is 4.81. The molecule has 4 rings (SSSR count). The van der Waals surface area contributed by atoms with Crippen molar-refractivity contribution in [2.24, 2.45) is 0 Å². The molecule has 244 valence electrons. The molecule has 3 aromatic carbocycles. The first-order chi connectivity index (χ1) is 22.8. The van der Waals surface area contributed by atoms with Gasteiger partial charge < -0.3 is 20.1 Å². The topological polar surface area (TPSA) is 124 Å². The van der Waals surface area contributed by atoms with Crippen molar-refractivity contribution in [3.8, 4) is 11.5 Å². The van der Waals surface area contributed by atoms with Crippen LogP contribution in [-0.2, 0) is 22.4 Å². The highest BCUT2D eigenvalue weighted by Gasteiger charge is 2.19. The Labute approximate surface area is 275 Å². The molecule has 0 saturated heterocycles. The van der Waals surface area contributed by atoms with E-state index in [1.807, 2.05) is 6.07 Å². The van der Waals surface area contributed by atoms with Crippen LogP contribution in [-0.4, -0.2) is 41.2 Å². The second kappa shape index (κ2) is 18.0. The quantitative estimate of drug-likeness (QED) is 0.0746. The molecule has 9 nitrogen and oxygen atoms in total. The molecule has 0 spiro atoms. The zero-order valence-corrected chi connectivity index (χ0v) is 26.9. The summed E-state index contributed by atoms with van der Waals surface area (Å²) < 4.78 is 11.3. The van der Waals surface area contributed by atoms with E-state index in [1.165, 1.54) is 26.2 Å². The summed E-state index contributed by atoms with van der Waals surface area (Å²) >= 11 is 0. The number of pyridine rings is 1. The summed E-state index contributed by atoms with van der Waals surface area (Å²) in [6, 6.07) is 23.0. The molecule has 47 heavy (non-hydrogen) atoms. The number of benzene rings is 3. The number of carbonyl (C=O) groups is 4. The minimum atomic E-state index is -0.758. The zero-order chi connectivity index (χ0) is 33.4. The second-order valence-electron chi connectivity index (χ2n) is 11.3. The monoisotopic (exact) mass is 635 g/mol. The van der Waals surface area contributed by atoms with Gasteiger partial charge in [-0.05, 0) is 97.6 Å². The van der Waals surface area contributed by atoms with Gasteiger partial charge in [0, 0.05) is 23.6 Å². The van der Waals surface area contributed by atoms with Crippen molar-refractivity contribution in [3.63, 3.8) is 0 Å². The predicted molar refractivity (Wildman–Crippen MR) is 181 cm³/mol. The number of Topliss-reactive ketones (excluding diaryl/α,β-unsaturated/α-hetero) is 1. The van der Waals surface area contributed by atoms with E-state index in [0.29, 0.717) is 34.9 Å². The van der Waals surface area contributed by atoms with Crippen molar-refractivity contribution in [2.45, 2.75) is 64.8 Å². The van der Waals surface area contributed by atoms with Gasteiger partial charge in [0.1, 0.15) is 11.5 Å². The predicted octanol–water partition coefficient (Wildman–Crippen LogP) is 6.76. The molecule has 1 aromatic heterocycles. The highest BCUT2D eigenvalue weighted by molar-refractivity contribution is 5.98. The van der Waals surface area contributed by atoms with Crippen molar-refractivity contribution in [3.05, 3.63) is 120 Å². The molecule has 1 atom stereocenters. The summed E-state index contributed by atoms with van der Waals surface area (Å²) in [6.07, 6.45) is 9.54. The van der Waals surface area contributed by atoms with E-state index in [1.54, 1.807) is 91.3 Å². The molecule has 0 aliphatic rings. The van der Waals surface area contributed by atoms with E-state index in [0.717, 1.165) is 24.0 Å². The van der Waals surface area contributed by atoms with Gasteiger partial charge in [-0.25, -0.2) is 4.79 Å². The van der Waals surface area contributed by atoms with Crippen molar-refractivity contribution in [1.29, 1.82) is 0 Å². The van der Waals surface area contributed by atoms with Crippen LogP contribution in [0.3, 0.4) is 0 Å². The van der Waals surface area contributed by atoms with Gasteiger partial charge >= 0.3 is 5.97 Å². The molecule has 0 saturated carbocycles. The number of aromatic nitrogens is 1. The molecular weight excluding hydrogens is 594 g/mol. The average molecular weight is 636 g/mol. The summed E-state index contributed by atoms with van der Waals surface area (Å²) in [7, 11) is 0. The maximum Gasteiger partial charge on any atom is 0.343 e. The lowest BCUT2D eigenvalue weighted by atomic mass is 10.0. The van der Waals surface area contributed by atoms with Crippen LogP contribution in [0.4, 0.5) is 5.69 Å². The van der Waals surface area contributed by atoms with Crippen LogP contribution in [0.25, 0.3) is 0 Å². The Balaban J connectivity index is 1.24. The lowest BCUT2D eigenvalue weighted by Gasteiger charge is -2.17. The lowest BCUT2D eigenvalue weighted by Crippen LogP contribution is -2.41. The van der Waals surface area contributed by atoms with Gasteiger partial charge in [0.05, 0.1) is 24.6 Å². The van der Waals surface area contributed by atoms with Crippen LogP contribution in [0, 0.1) is 0 Å². The molecule has 0 aliphatic carbocycles. The van der Waals surface area contributed by atoms with Crippen LogP contribution < -0.4 is 20.1 Å². The Hall–Kier alpha value is -5.31. The van der Waals surface area contributed by atoms with Crippen LogP contribution >= 0.6 is 0 Å². The molecule has 9 heteroatoms. The number of ether oxygens (including phenoxy) is 2. The first-order valence-corrected chi connectivity index (χ1v) is 15.9. The van der Waals surface area contributed by atoms with E-state index in [4.69, 9.17) is 9.47 Å². The number of hydrogen-bond donors (Lipinski definition) is 2. The number of carbonyl (C=O) groups excluding carboxylic acids is 4. The van der Waals surface area contributed by atoms with E-state index in [2.05, 4.69) is 22.5 Å². The van der Waals surface area contributed by atoms with E-state index < -0.39 is 17.9 Å². The summed E-state index contributed by atoms with van der Waals surface area (Å²) in [4.78, 5) is 54.3. The smallest absolute Gasteiger partial charge is 0.343 e. The SMILES string of the molecule is CCCCCCCOc1ccc(C(=O)Oc2ccc(C[C@H](NC(=O)c3ccc(NC(=O)Cc4cccnc4)cc3)C(C)=O)cc2)cc1. The number of nitrogens with one attached hydrogen (secondary N) is 2. The molecule has 0 radical (unpaired) electrons. The first-order valence-electron chi connectivity index (χ1n) is 15.9. The fraction of sp³-hybridized carbons (Fsp3) is 0.289. The summed E-state index contributed by atoms with van der Waals surface area (Å²) in [5, 5.41) is 5.59. The van der Waals surface area contributed by atoms with Crippen LogP contribution in [0.1, 0.15) is 77.8 Å². The molecule has 4 aromatic rings. The standard InChI is InChI=1S/C38H41N3O6/c1-3-4-5-6-7-23-46-33-20-14-31(15-21-33)38(45)47-34-18-10-28(11-19-34)24-35(27(2)42)41-37(44)30-12-16-32(17-13-30)40-36(43)25-29-9-8-22-39-26-29/h8-22,26,35H,3-7,23-25H2,1-2H3,(H,40,43)(H,41,44)/t35-/m0/s1. The summed E-state index contributed by atoms with van der Waals surface area (Å²) in [5.41, 5.74) is 2.89. The Morgan fingerprint density at radius 2 is 1.45 bits per heavy atom. The molecule has 0 unspecified atom stereocenters. The van der Waals surface area contributed by atoms with Crippen LogP contribution in [0.15, 0.2) is 97.3 Å². The minimum absolute atomic E-state index is 0.183. The van der Waals surface area contributed by atoms with E-state index in [9.17, 15) is 19.2 Å². The Morgan fingerprint density at radius 1 is 0.766 bits per heavy atom. The third-order valence-corrected chi connectivity index (χ3v) is 7.49. The highest BCUT2D eigenvalue weighted by atomic mass is 16.5. The molecule has 2 amide bonds. The zero-order valence-electron chi connectivity index (χ0n) is 26.9. The normalized spacial score (nSPS) is 11.3. The number of esters is 1. The largest absolute Gasteiger partial charge is 0.494 e. The Bertz CT molecular complexity index is 1600. The van der Waals surface area contributed by atoms with Crippen molar-refractivity contribution in [1.82, 2.24) is 10.3 Å². The number of amides is 2. The van der Waals surface area contributed by atoms with Crippen molar-refractivity contribution in [2.75, 3.05) is 11.9 Å². The van der Waals surface area contributed by atoms with Gasteiger partial charge in [-0.2, -0.15) is 0 Å². The van der Waals surface area contributed by atoms with Crippen LogP contribution in [0.2, 0.25) is 0 Å². The molecule has 0 fully saturated rings. The van der Waals surface area contributed by atoms with E-state index >= 15 is 0 Å². The Kier molecular flexibility index (Phi) is 13.2. The van der Waals surface area contributed by atoms with Gasteiger partial charge in [0.15, 0.2) is 5.78 Å². The van der Waals surface area contributed by atoms with Gasteiger partial charge in [0.2, 0.25) is 5.91 Å². The van der Waals surface area contributed by atoms with Gasteiger partial charge in [-0.15, -0.1) is 0 Å². The fourth-order valence-corrected chi connectivity index (χ4v) is 4.81. The van der Waals surface area contributed by atoms with Crippen molar-refractivity contribution >= 4 is 29.3 Å². The number of rotatable bonds is 17. The maximum absolute atomic E-state index is 12.9. The average Bonchev–Trinajstić information content (AvgIpc) is 3.07. The Morgan fingerprint density at radius 3 is 2.11 bits per heavy atom. The number of ketones is 1. The number of unbranched alkanes of at least 4 members (excludes halogenated alkanes) is 4. The lowest BCUT2D eigenvalue weighted by molar-refractivity contribution is -0.119. The molecule has 0 bridgehead atoms. The summed E-state index contributed by atoms with van der Waals surface area (Å²) in [6.45, 7) is 4.26. The number of nitrogens with zero attached hydrogens (tertiary/aromatic N) is 1. The molecule has 1 heterocycles. The highest BCUT2D eigenvalue weighted by Crippen LogP contribution is 2.19. The van der Waals surface area contributed by atoms with Gasteiger partial charge in [-0.1, -0.05) is 50.8 Å². The number of anilines is 1. The van der Waals surface area contributed by atoms with Crippen LogP contribution in [0.5, 0.6) is 11.5 Å². The second-order valence-corrected chi connectivity index (χ2v) is 11.3. The van der Waals surface area contributed by atoms with Gasteiger partial charge in [0.25, 0.3) is 5.91 Å². The molecule has 0 aliphatic heterocycles. The maximum atomic E-state index is 12.9. The van der Waals surface area contributed by atoms with Gasteiger partial charge in [-0.3, -0.25) is 19.4 Å². The first kappa shape index (κ1) is 34.6. The third-order valence-electron chi connectivity index (χ3n) is 7.49.